The maximum Gasteiger partial charge on any atom is 0.435 e. The van der Waals surface area contributed by atoms with Crippen LogP contribution in [0.5, 0.6) is 0 Å². The minimum Gasteiger partial charge on any atom is -0.476 e. The fraction of sp³-hybridized carbons (Fsp3) is 0.750. The number of carbonyl (C=O) groups is 1. The van der Waals surface area contributed by atoms with Crippen LogP contribution in [0.1, 0.15) is 55.7 Å². The van der Waals surface area contributed by atoms with Crippen molar-refractivity contribution in [2.75, 3.05) is 0 Å². The van der Waals surface area contributed by atoms with E-state index in [0.717, 1.165) is 19.3 Å². The van der Waals surface area contributed by atoms with Crippen molar-refractivity contribution in [2.45, 2.75) is 52.3 Å². The number of hydrogen-bond donors (Lipinski definition) is 1. The highest BCUT2D eigenvalue weighted by Crippen LogP contribution is 2.32. The summed E-state index contributed by atoms with van der Waals surface area (Å²) in [5.41, 5.74) is -2.32. The van der Waals surface area contributed by atoms with Gasteiger partial charge in [0.25, 0.3) is 0 Å². The molecule has 1 aromatic heterocycles. The van der Waals surface area contributed by atoms with Gasteiger partial charge < -0.3 is 5.11 Å². The second kappa shape index (κ2) is 6.71. The highest BCUT2D eigenvalue weighted by atomic mass is 19.4. The fourth-order valence-electron chi connectivity index (χ4n) is 2.03. The van der Waals surface area contributed by atoms with Gasteiger partial charge in [-0.15, -0.1) is 5.10 Å². The molecule has 0 bridgehead atoms. The van der Waals surface area contributed by atoms with Gasteiger partial charge in [-0.2, -0.15) is 13.2 Å². The third-order valence-electron chi connectivity index (χ3n) is 3.18. The normalized spacial score (nSPS) is 13.4. The van der Waals surface area contributed by atoms with Crippen LogP contribution in [0.3, 0.4) is 0 Å². The maximum atomic E-state index is 12.9. The Morgan fingerprint density at radius 1 is 1.40 bits per heavy atom. The summed E-state index contributed by atoms with van der Waals surface area (Å²) in [4.78, 5) is 10.8. The first kappa shape index (κ1) is 16.5. The Balaban J connectivity index is 3.03. The van der Waals surface area contributed by atoms with E-state index in [1.54, 1.807) is 0 Å². The standard InChI is InChI=1S/C12H18F3N3O2/c1-3-5-6-8(4-2)7-18-10(12(13,14)15)9(11(19)20)16-17-18/h8H,3-7H2,1-2H3,(H,19,20). The second-order valence-electron chi connectivity index (χ2n) is 4.69. The molecule has 1 atom stereocenters. The zero-order valence-electron chi connectivity index (χ0n) is 11.4. The van der Waals surface area contributed by atoms with Gasteiger partial charge in [0, 0.05) is 6.54 Å². The molecule has 1 aromatic rings. The van der Waals surface area contributed by atoms with E-state index in [1.165, 1.54) is 0 Å². The molecular formula is C12H18F3N3O2. The van der Waals surface area contributed by atoms with Crippen molar-refractivity contribution in [1.82, 2.24) is 15.0 Å². The highest BCUT2D eigenvalue weighted by Gasteiger charge is 2.41. The lowest BCUT2D eigenvalue weighted by Crippen LogP contribution is -2.21. The zero-order chi connectivity index (χ0) is 15.3. The molecule has 0 saturated carbocycles. The van der Waals surface area contributed by atoms with Gasteiger partial charge >= 0.3 is 12.1 Å². The number of rotatable bonds is 7. The summed E-state index contributed by atoms with van der Waals surface area (Å²) in [6.07, 6.45) is -1.41. The van der Waals surface area contributed by atoms with E-state index < -0.39 is 23.5 Å². The van der Waals surface area contributed by atoms with Gasteiger partial charge in [-0.3, -0.25) is 0 Å². The van der Waals surface area contributed by atoms with Crippen LogP contribution in [0.4, 0.5) is 13.2 Å². The van der Waals surface area contributed by atoms with Gasteiger partial charge in [0.1, 0.15) is 0 Å². The second-order valence-corrected chi connectivity index (χ2v) is 4.69. The van der Waals surface area contributed by atoms with E-state index in [1.807, 2.05) is 13.8 Å². The largest absolute Gasteiger partial charge is 0.476 e. The van der Waals surface area contributed by atoms with Crippen LogP contribution in [0, 0.1) is 5.92 Å². The molecule has 20 heavy (non-hydrogen) atoms. The summed E-state index contributed by atoms with van der Waals surface area (Å²) in [5, 5.41) is 15.3. The molecule has 1 N–H and O–H groups in total. The number of aromatic carboxylic acids is 1. The molecular weight excluding hydrogens is 275 g/mol. The van der Waals surface area contributed by atoms with Crippen molar-refractivity contribution in [2.24, 2.45) is 5.92 Å². The van der Waals surface area contributed by atoms with Crippen molar-refractivity contribution in [3.05, 3.63) is 11.4 Å². The summed E-state index contributed by atoms with van der Waals surface area (Å²) in [5.74, 6) is -1.69. The average molecular weight is 293 g/mol. The summed E-state index contributed by atoms with van der Waals surface area (Å²) in [6.45, 7) is 3.93. The van der Waals surface area contributed by atoms with Crippen LogP contribution in [0.15, 0.2) is 0 Å². The van der Waals surface area contributed by atoms with Crippen molar-refractivity contribution in [3.63, 3.8) is 0 Å². The molecule has 0 aliphatic rings. The number of hydrogen-bond acceptors (Lipinski definition) is 3. The zero-order valence-corrected chi connectivity index (χ0v) is 11.4. The van der Waals surface area contributed by atoms with Crippen molar-refractivity contribution in [3.8, 4) is 0 Å². The summed E-state index contributed by atoms with van der Waals surface area (Å²) in [7, 11) is 0. The lowest BCUT2D eigenvalue weighted by molar-refractivity contribution is -0.145. The van der Waals surface area contributed by atoms with E-state index in [0.29, 0.717) is 11.1 Å². The highest BCUT2D eigenvalue weighted by molar-refractivity contribution is 5.86. The van der Waals surface area contributed by atoms with Crippen molar-refractivity contribution in [1.29, 1.82) is 0 Å². The predicted molar refractivity (Wildman–Crippen MR) is 65.3 cm³/mol. The Labute approximate surface area is 114 Å². The molecule has 0 amide bonds. The minimum atomic E-state index is -4.78. The summed E-state index contributed by atoms with van der Waals surface area (Å²) in [6, 6.07) is 0. The topological polar surface area (TPSA) is 68.0 Å². The SMILES string of the molecule is CCCCC(CC)Cn1nnc(C(=O)O)c1C(F)(F)F. The molecule has 1 heterocycles. The lowest BCUT2D eigenvalue weighted by atomic mass is 9.99. The van der Waals surface area contributed by atoms with Gasteiger partial charge in [-0.25, -0.2) is 9.48 Å². The Bertz CT molecular complexity index is 457. The first-order chi connectivity index (χ1) is 9.31. The quantitative estimate of drug-likeness (QED) is 0.838. The number of nitrogens with zero attached hydrogens (tertiary/aromatic N) is 3. The van der Waals surface area contributed by atoms with Gasteiger partial charge in [0.2, 0.25) is 5.69 Å². The number of halogens is 3. The Hall–Kier alpha value is -1.60. The van der Waals surface area contributed by atoms with Crippen LogP contribution in [0.25, 0.3) is 0 Å². The van der Waals surface area contributed by atoms with Gasteiger partial charge in [0.15, 0.2) is 5.69 Å². The van der Waals surface area contributed by atoms with Gasteiger partial charge in [-0.05, 0) is 12.3 Å². The molecule has 114 valence electrons. The molecule has 8 heteroatoms. The van der Waals surface area contributed by atoms with E-state index in [4.69, 9.17) is 5.11 Å². The number of carboxylic acid groups (broad SMARTS) is 1. The molecule has 1 unspecified atom stereocenters. The molecule has 0 aliphatic carbocycles. The predicted octanol–water partition coefficient (Wildman–Crippen LogP) is 3.21. The Morgan fingerprint density at radius 3 is 2.50 bits per heavy atom. The van der Waals surface area contributed by atoms with Gasteiger partial charge in [-0.1, -0.05) is 38.3 Å². The van der Waals surface area contributed by atoms with Crippen LogP contribution in [-0.4, -0.2) is 26.1 Å². The van der Waals surface area contributed by atoms with Gasteiger partial charge in [0.05, 0.1) is 0 Å². The van der Waals surface area contributed by atoms with Crippen LogP contribution < -0.4 is 0 Å². The average Bonchev–Trinajstić information content (AvgIpc) is 2.78. The third-order valence-corrected chi connectivity index (χ3v) is 3.18. The lowest BCUT2D eigenvalue weighted by Gasteiger charge is -2.16. The molecule has 0 saturated heterocycles. The van der Waals surface area contributed by atoms with E-state index in [9.17, 15) is 18.0 Å². The number of unbranched alkanes of at least 4 members (excludes halogenated alkanes) is 1. The van der Waals surface area contributed by atoms with Crippen molar-refractivity contribution < 1.29 is 23.1 Å². The third kappa shape index (κ3) is 3.94. The first-order valence-electron chi connectivity index (χ1n) is 6.55. The molecule has 0 fully saturated rings. The first-order valence-corrected chi connectivity index (χ1v) is 6.55. The Kier molecular flexibility index (Phi) is 5.52. The molecule has 0 aliphatic heterocycles. The maximum absolute atomic E-state index is 12.9. The number of carboxylic acids is 1. The fourth-order valence-corrected chi connectivity index (χ4v) is 2.03. The minimum absolute atomic E-state index is 0.0272. The monoisotopic (exact) mass is 293 g/mol. The molecule has 0 radical (unpaired) electrons. The smallest absolute Gasteiger partial charge is 0.435 e. The number of aromatic nitrogens is 3. The molecule has 1 rings (SSSR count). The van der Waals surface area contributed by atoms with Crippen LogP contribution in [0.2, 0.25) is 0 Å². The van der Waals surface area contributed by atoms with E-state index in [2.05, 4.69) is 10.3 Å². The van der Waals surface area contributed by atoms with E-state index >= 15 is 0 Å². The van der Waals surface area contributed by atoms with Crippen LogP contribution >= 0.6 is 0 Å². The Morgan fingerprint density at radius 2 is 2.05 bits per heavy atom. The molecule has 5 nitrogen and oxygen atoms in total. The summed E-state index contributed by atoms with van der Waals surface area (Å²) < 4.78 is 39.5. The molecule has 0 aromatic carbocycles. The van der Waals surface area contributed by atoms with Crippen molar-refractivity contribution >= 4 is 5.97 Å². The van der Waals surface area contributed by atoms with E-state index in [-0.39, 0.29) is 12.5 Å². The van der Waals surface area contributed by atoms with Crippen LogP contribution in [-0.2, 0) is 12.7 Å². The molecule has 0 spiro atoms. The number of alkyl halides is 3. The summed E-state index contributed by atoms with van der Waals surface area (Å²) >= 11 is 0.